The van der Waals surface area contributed by atoms with Crippen LogP contribution in [0.3, 0.4) is 0 Å². The standard InChI is InChI=1S/C6ClF11O2/c7-1(19)2(8,4(11,12)13)20-6(17,18)3(9,10)5(14,15)16. The van der Waals surface area contributed by atoms with Crippen molar-refractivity contribution < 1.29 is 57.8 Å². The van der Waals surface area contributed by atoms with E-state index in [2.05, 4.69) is 11.6 Å². The minimum absolute atomic E-state index is 1.77. The third kappa shape index (κ3) is 3.07. The van der Waals surface area contributed by atoms with Gasteiger partial charge in [-0.3, -0.25) is 9.53 Å². The first-order chi connectivity index (χ1) is 8.40. The molecule has 0 rings (SSSR count). The highest BCUT2D eigenvalue weighted by molar-refractivity contribution is 6.65. The van der Waals surface area contributed by atoms with Crippen LogP contribution in [0.4, 0.5) is 48.3 Å². The van der Waals surface area contributed by atoms with Gasteiger partial charge in [-0.25, -0.2) is 0 Å². The minimum Gasteiger partial charge on any atom is -0.274 e. The molecule has 0 radical (unpaired) electrons. The second-order valence-electron chi connectivity index (χ2n) is 3.06. The van der Waals surface area contributed by atoms with E-state index >= 15 is 0 Å². The number of halogens is 12. The highest BCUT2D eigenvalue weighted by Gasteiger charge is 2.79. The Morgan fingerprint density at radius 2 is 1.10 bits per heavy atom. The zero-order chi connectivity index (χ0) is 16.8. The van der Waals surface area contributed by atoms with Gasteiger partial charge < -0.3 is 0 Å². The highest BCUT2D eigenvalue weighted by atomic mass is 35.5. The molecule has 0 bridgehead atoms. The molecular formula is C6ClF11O2. The predicted molar refractivity (Wildman–Crippen MR) is 37.8 cm³/mol. The molecular weight excluding hydrogens is 348 g/mol. The van der Waals surface area contributed by atoms with Gasteiger partial charge in [0.25, 0.3) is 5.24 Å². The quantitative estimate of drug-likeness (QED) is 0.571. The fourth-order valence-corrected chi connectivity index (χ4v) is 0.761. The Bertz CT molecular complexity index is 385. The molecule has 0 spiro atoms. The molecule has 120 valence electrons. The molecule has 14 heteroatoms. The van der Waals surface area contributed by atoms with E-state index in [1.54, 1.807) is 4.74 Å². The van der Waals surface area contributed by atoms with Crippen LogP contribution < -0.4 is 0 Å². The smallest absolute Gasteiger partial charge is 0.274 e. The summed E-state index contributed by atoms with van der Waals surface area (Å²) in [6, 6.07) is 0. The molecule has 0 saturated heterocycles. The minimum atomic E-state index is -7.21. The van der Waals surface area contributed by atoms with Crippen LogP contribution >= 0.6 is 11.6 Å². The van der Waals surface area contributed by atoms with Crippen molar-refractivity contribution in [2.75, 3.05) is 0 Å². The van der Waals surface area contributed by atoms with Crippen molar-refractivity contribution in [3.05, 3.63) is 0 Å². The van der Waals surface area contributed by atoms with Gasteiger partial charge in [0.2, 0.25) is 0 Å². The Morgan fingerprint density at radius 1 is 0.750 bits per heavy atom. The first-order valence-electron chi connectivity index (χ1n) is 3.88. The third-order valence-electron chi connectivity index (χ3n) is 1.61. The van der Waals surface area contributed by atoms with Crippen molar-refractivity contribution in [1.82, 2.24) is 0 Å². The molecule has 1 unspecified atom stereocenters. The maximum absolute atomic E-state index is 12.8. The molecule has 2 nitrogen and oxygen atoms in total. The Morgan fingerprint density at radius 3 is 1.30 bits per heavy atom. The van der Waals surface area contributed by atoms with E-state index in [-0.39, 0.29) is 0 Å². The summed E-state index contributed by atoms with van der Waals surface area (Å²) in [7, 11) is 0. The van der Waals surface area contributed by atoms with Gasteiger partial charge in [0.15, 0.2) is 0 Å². The van der Waals surface area contributed by atoms with Crippen LogP contribution in [0, 0.1) is 0 Å². The highest BCUT2D eigenvalue weighted by Crippen LogP contribution is 2.51. The summed E-state index contributed by atoms with van der Waals surface area (Å²) in [4.78, 5) is 10.1. The van der Waals surface area contributed by atoms with E-state index in [9.17, 15) is 53.1 Å². The molecule has 0 saturated carbocycles. The van der Waals surface area contributed by atoms with Crippen molar-refractivity contribution in [2.24, 2.45) is 0 Å². The van der Waals surface area contributed by atoms with Crippen LogP contribution in [-0.4, -0.2) is 35.5 Å². The molecule has 0 aromatic rings. The molecule has 0 aliphatic rings. The van der Waals surface area contributed by atoms with E-state index in [1.165, 1.54) is 0 Å². The molecule has 0 heterocycles. The number of carbonyl (C=O) groups excluding carboxylic acids is 1. The summed E-state index contributed by atoms with van der Waals surface area (Å²) in [6.07, 6.45) is -20.9. The van der Waals surface area contributed by atoms with Gasteiger partial charge in [0.1, 0.15) is 0 Å². The molecule has 0 N–H and O–H groups in total. The van der Waals surface area contributed by atoms with Crippen molar-refractivity contribution in [3.8, 4) is 0 Å². The molecule has 0 aromatic carbocycles. The van der Waals surface area contributed by atoms with Crippen LogP contribution in [0.5, 0.6) is 0 Å². The van der Waals surface area contributed by atoms with Crippen LogP contribution in [0.25, 0.3) is 0 Å². The van der Waals surface area contributed by atoms with Gasteiger partial charge in [-0.15, -0.1) is 0 Å². The number of carbonyl (C=O) groups is 1. The first-order valence-corrected chi connectivity index (χ1v) is 4.26. The second-order valence-corrected chi connectivity index (χ2v) is 3.40. The van der Waals surface area contributed by atoms with Crippen LogP contribution in [0.1, 0.15) is 0 Å². The van der Waals surface area contributed by atoms with Gasteiger partial charge >= 0.3 is 30.2 Å². The predicted octanol–water partition coefficient (Wildman–Crippen LogP) is 3.79. The first kappa shape index (κ1) is 19.1. The van der Waals surface area contributed by atoms with Crippen LogP contribution in [0.2, 0.25) is 0 Å². The van der Waals surface area contributed by atoms with Crippen LogP contribution in [0.15, 0.2) is 0 Å². The maximum Gasteiger partial charge on any atom is 0.462 e. The lowest BCUT2D eigenvalue weighted by molar-refractivity contribution is -0.471. The summed E-state index contributed by atoms with van der Waals surface area (Å²) < 4.78 is 134. The number of rotatable bonds is 4. The Labute approximate surface area is 106 Å². The molecule has 0 fully saturated rings. The molecule has 0 aliphatic heterocycles. The zero-order valence-corrected chi connectivity index (χ0v) is 9.11. The van der Waals surface area contributed by atoms with Gasteiger partial charge in [0.05, 0.1) is 0 Å². The van der Waals surface area contributed by atoms with Gasteiger partial charge in [-0.1, -0.05) is 0 Å². The topological polar surface area (TPSA) is 26.3 Å². The largest absolute Gasteiger partial charge is 0.462 e. The van der Waals surface area contributed by atoms with Crippen molar-refractivity contribution in [2.45, 2.75) is 30.2 Å². The number of hydrogen-bond acceptors (Lipinski definition) is 2. The Balaban J connectivity index is 5.73. The fraction of sp³-hybridized carbons (Fsp3) is 0.833. The van der Waals surface area contributed by atoms with E-state index in [1.807, 2.05) is 0 Å². The molecule has 20 heavy (non-hydrogen) atoms. The number of ether oxygens (including phenoxy) is 1. The molecule has 1 atom stereocenters. The lowest BCUT2D eigenvalue weighted by Crippen LogP contribution is -2.60. The van der Waals surface area contributed by atoms with Crippen molar-refractivity contribution in [3.63, 3.8) is 0 Å². The summed E-state index contributed by atoms with van der Waals surface area (Å²) >= 11 is 3.92. The van der Waals surface area contributed by atoms with Gasteiger partial charge in [-0.05, 0) is 11.6 Å². The molecule has 0 aliphatic carbocycles. The third-order valence-corrected chi connectivity index (χ3v) is 1.85. The second kappa shape index (κ2) is 4.86. The van der Waals surface area contributed by atoms with Gasteiger partial charge in [-0.2, -0.15) is 48.3 Å². The number of hydrogen-bond donors (Lipinski definition) is 0. The SMILES string of the molecule is O=C(Cl)C(F)(OC(F)(F)C(F)(F)C(F)(F)F)C(F)(F)F. The van der Waals surface area contributed by atoms with E-state index in [4.69, 9.17) is 0 Å². The van der Waals surface area contributed by atoms with Crippen molar-refractivity contribution >= 4 is 16.8 Å². The molecule has 0 aromatic heterocycles. The van der Waals surface area contributed by atoms with E-state index in [0.29, 0.717) is 0 Å². The normalized spacial score (nSPS) is 17.8. The lowest BCUT2D eigenvalue weighted by Gasteiger charge is -2.33. The average Bonchev–Trinajstić information content (AvgIpc) is 2.12. The summed E-state index contributed by atoms with van der Waals surface area (Å²) in [6.45, 7) is 0. The Hall–Kier alpha value is -0.850. The summed E-state index contributed by atoms with van der Waals surface area (Å²) in [5.41, 5.74) is 0. The Kier molecular flexibility index (Phi) is 4.65. The van der Waals surface area contributed by atoms with Crippen LogP contribution in [-0.2, 0) is 9.53 Å². The van der Waals surface area contributed by atoms with Crippen molar-refractivity contribution in [1.29, 1.82) is 0 Å². The molecule has 0 amide bonds. The number of alkyl halides is 11. The fourth-order valence-electron chi connectivity index (χ4n) is 0.615. The zero-order valence-electron chi connectivity index (χ0n) is 8.35. The van der Waals surface area contributed by atoms with E-state index in [0.717, 1.165) is 0 Å². The summed E-state index contributed by atoms with van der Waals surface area (Å²) in [5, 5.41) is -3.41. The van der Waals surface area contributed by atoms with Gasteiger partial charge in [0, 0.05) is 0 Å². The average molecular weight is 348 g/mol. The lowest BCUT2D eigenvalue weighted by atomic mass is 10.2. The maximum atomic E-state index is 12.8. The van der Waals surface area contributed by atoms with E-state index < -0.39 is 35.5 Å². The summed E-state index contributed by atoms with van der Waals surface area (Å²) in [5.74, 6) is -13.5. The monoisotopic (exact) mass is 348 g/mol.